The molecule has 0 atom stereocenters. The van der Waals surface area contributed by atoms with E-state index in [0.29, 0.717) is 0 Å². The van der Waals surface area contributed by atoms with Gasteiger partial charge in [-0.05, 0) is 38.3 Å². The number of carbonyl (C=O) groups is 1. The summed E-state index contributed by atoms with van der Waals surface area (Å²) in [6.07, 6.45) is 3.85. The van der Waals surface area contributed by atoms with E-state index < -0.39 is 0 Å². The van der Waals surface area contributed by atoms with E-state index in [1.165, 1.54) is 24.1 Å². The maximum atomic E-state index is 11.8. The van der Waals surface area contributed by atoms with E-state index >= 15 is 0 Å². The Morgan fingerprint density at radius 1 is 1.17 bits per heavy atom. The SMILES string of the molecule is Cc1sc(N2CCCCC2)nc1-c1ccc(NC(=O)C(C)C)cc1. The summed E-state index contributed by atoms with van der Waals surface area (Å²) in [5.41, 5.74) is 3.00. The van der Waals surface area contributed by atoms with Crippen molar-refractivity contribution in [1.29, 1.82) is 0 Å². The van der Waals surface area contributed by atoms with Gasteiger partial charge in [-0.1, -0.05) is 26.0 Å². The number of aryl methyl sites for hydroxylation is 1. The Hall–Kier alpha value is -1.88. The molecule has 2 heterocycles. The molecule has 3 rings (SSSR count). The molecule has 0 saturated carbocycles. The van der Waals surface area contributed by atoms with E-state index in [-0.39, 0.29) is 11.8 Å². The van der Waals surface area contributed by atoms with Crippen molar-refractivity contribution in [2.24, 2.45) is 5.92 Å². The molecule has 0 bridgehead atoms. The molecule has 1 aromatic carbocycles. The first-order valence-corrected chi connectivity index (χ1v) is 9.50. The average Bonchev–Trinajstić information content (AvgIpc) is 2.98. The lowest BCUT2D eigenvalue weighted by Crippen LogP contribution is -2.29. The summed E-state index contributed by atoms with van der Waals surface area (Å²) in [6, 6.07) is 7.99. The molecule has 1 fully saturated rings. The summed E-state index contributed by atoms with van der Waals surface area (Å²) in [6.45, 7) is 8.16. The number of thiazole rings is 1. The highest BCUT2D eigenvalue weighted by atomic mass is 32.1. The number of carbonyl (C=O) groups excluding carboxylic acids is 1. The summed E-state index contributed by atoms with van der Waals surface area (Å²) < 4.78 is 0. The predicted molar refractivity (Wildman–Crippen MR) is 102 cm³/mol. The quantitative estimate of drug-likeness (QED) is 0.875. The van der Waals surface area contributed by atoms with Crippen LogP contribution in [0.1, 0.15) is 38.0 Å². The van der Waals surface area contributed by atoms with Crippen LogP contribution in [-0.2, 0) is 4.79 Å². The molecule has 1 aromatic heterocycles. The number of hydrogen-bond acceptors (Lipinski definition) is 4. The molecule has 0 radical (unpaired) electrons. The lowest BCUT2D eigenvalue weighted by Gasteiger charge is -2.25. The van der Waals surface area contributed by atoms with Gasteiger partial charge < -0.3 is 10.2 Å². The molecule has 4 nitrogen and oxygen atoms in total. The Labute approximate surface area is 147 Å². The number of aromatic nitrogens is 1. The van der Waals surface area contributed by atoms with E-state index in [1.54, 1.807) is 11.3 Å². The molecule has 1 aliphatic rings. The number of nitrogens with one attached hydrogen (secondary N) is 1. The smallest absolute Gasteiger partial charge is 0.226 e. The van der Waals surface area contributed by atoms with Crippen LogP contribution in [0.2, 0.25) is 0 Å². The van der Waals surface area contributed by atoms with Crippen LogP contribution in [-0.4, -0.2) is 24.0 Å². The van der Waals surface area contributed by atoms with Crippen LogP contribution in [0.15, 0.2) is 24.3 Å². The first kappa shape index (κ1) is 17.0. The number of piperidine rings is 1. The van der Waals surface area contributed by atoms with Crippen molar-refractivity contribution in [1.82, 2.24) is 4.98 Å². The van der Waals surface area contributed by atoms with E-state index in [2.05, 4.69) is 17.1 Å². The molecule has 0 aliphatic carbocycles. The number of benzene rings is 1. The zero-order valence-corrected chi connectivity index (χ0v) is 15.4. The first-order valence-electron chi connectivity index (χ1n) is 8.68. The topological polar surface area (TPSA) is 45.2 Å². The van der Waals surface area contributed by atoms with Crippen LogP contribution in [0.5, 0.6) is 0 Å². The lowest BCUT2D eigenvalue weighted by atomic mass is 10.1. The minimum Gasteiger partial charge on any atom is -0.348 e. The van der Waals surface area contributed by atoms with Crippen LogP contribution in [0.25, 0.3) is 11.3 Å². The fourth-order valence-electron chi connectivity index (χ4n) is 2.87. The molecule has 1 amide bonds. The number of hydrogen-bond donors (Lipinski definition) is 1. The van der Waals surface area contributed by atoms with Crippen molar-refractivity contribution in [2.45, 2.75) is 40.0 Å². The van der Waals surface area contributed by atoms with E-state index in [9.17, 15) is 4.79 Å². The Bertz CT molecular complexity index is 700. The van der Waals surface area contributed by atoms with Crippen molar-refractivity contribution in [3.63, 3.8) is 0 Å². The Morgan fingerprint density at radius 3 is 2.46 bits per heavy atom. The molecule has 0 unspecified atom stereocenters. The van der Waals surface area contributed by atoms with Gasteiger partial charge in [0, 0.05) is 35.1 Å². The zero-order chi connectivity index (χ0) is 17.1. The van der Waals surface area contributed by atoms with Gasteiger partial charge >= 0.3 is 0 Å². The number of rotatable bonds is 4. The highest BCUT2D eigenvalue weighted by Crippen LogP contribution is 2.34. The van der Waals surface area contributed by atoms with Crippen molar-refractivity contribution < 1.29 is 4.79 Å². The summed E-state index contributed by atoms with van der Waals surface area (Å²) in [5, 5.41) is 4.06. The molecule has 1 saturated heterocycles. The van der Waals surface area contributed by atoms with Gasteiger partial charge in [-0.2, -0.15) is 0 Å². The van der Waals surface area contributed by atoms with Gasteiger partial charge in [0.15, 0.2) is 5.13 Å². The van der Waals surface area contributed by atoms with E-state index in [4.69, 9.17) is 4.98 Å². The Morgan fingerprint density at radius 2 is 1.83 bits per heavy atom. The zero-order valence-electron chi connectivity index (χ0n) is 14.6. The van der Waals surface area contributed by atoms with Crippen LogP contribution in [0.3, 0.4) is 0 Å². The highest BCUT2D eigenvalue weighted by Gasteiger charge is 2.17. The second-order valence-electron chi connectivity index (χ2n) is 6.67. The fourth-order valence-corrected chi connectivity index (χ4v) is 3.85. The second kappa shape index (κ2) is 7.34. The third-order valence-corrected chi connectivity index (χ3v) is 5.39. The fraction of sp³-hybridized carbons (Fsp3) is 0.474. The minimum absolute atomic E-state index is 0.0161. The molecular weight excluding hydrogens is 318 g/mol. The maximum Gasteiger partial charge on any atom is 0.226 e. The van der Waals surface area contributed by atoms with Crippen LogP contribution in [0.4, 0.5) is 10.8 Å². The summed E-state index contributed by atoms with van der Waals surface area (Å²) in [4.78, 5) is 20.3. The number of amides is 1. The van der Waals surface area contributed by atoms with Gasteiger partial charge in [0.2, 0.25) is 5.91 Å². The molecule has 128 valence electrons. The predicted octanol–water partition coefficient (Wildman–Crippen LogP) is 4.70. The van der Waals surface area contributed by atoms with E-state index in [1.807, 2.05) is 38.1 Å². The number of nitrogens with zero attached hydrogens (tertiary/aromatic N) is 2. The standard InChI is InChI=1S/C19H25N3OS/c1-13(2)18(23)20-16-9-7-15(8-10-16)17-14(3)24-19(21-17)22-11-5-4-6-12-22/h7-10,13H,4-6,11-12H2,1-3H3,(H,20,23). The maximum absolute atomic E-state index is 11.8. The van der Waals surface area contributed by atoms with Crippen molar-refractivity contribution in [3.8, 4) is 11.3 Å². The molecular formula is C19H25N3OS. The van der Waals surface area contributed by atoms with Crippen LogP contribution >= 0.6 is 11.3 Å². The van der Waals surface area contributed by atoms with Crippen molar-refractivity contribution >= 4 is 28.1 Å². The molecule has 24 heavy (non-hydrogen) atoms. The van der Waals surface area contributed by atoms with Gasteiger partial charge in [0.25, 0.3) is 0 Å². The summed E-state index contributed by atoms with van der Waals surface area (Å²) >= 11 is 1.78. The number of anilines is 2. The second-order valence-corrected chi connectivity index (χ2v) is 7.85. The summed E-state index contributed by atoms with van der Waals surface area (Å²) in [7, 11) is 0. The molecule has 2 aromatic rings. The highest BCUT2D eigenvalue weighted by molar-refractivity contribution is 7.16. The molecule has 1 aliphatic heterocycles. The van der Waals surface area contributed by atoms with Gasteiger partial charge in [0.1, 0.15) is 0 Å². The van der Waals surface area contributed by atoms with Crippen molar-refractivity contribution in [2.75, 3.05) is 23.3 Å². The molecule has 1 N–H and O–H groups in total. The van der Waals surface area contributed by atoms with Gasteiger partial charge in [-0.25, -0.2) is 4.98 Å². The van der Waals surface area contributed by atoms with Crippen LogP contribution < -0.4 is 10.2 Å². The summed E-state index contributed by atoms with van der Waals surface area (Å²) in [5.74, 6) is 0.0255. The first-order chi connectivity index (χ1) is 11.5. The van der Waals surface area contributed by atoms with E-state index in [0.717, 1.165) is 35.2 Å². The van der Waals surface area contributed by atoms with Gasteiger partial charge in [-0.3, -0.25) is 4.79 Å². The van der Waals surface area contributed by atoms with Gasteiger partial charge in [-0.15, -0.1) is 11.3 Å². The minimum atomic E-state index is -0.0161. The molecule has 5 heteroatoms. The third kappa shape index (κ3) is 3.78. The van der Waals surface area contributed by atoms with Gasteiger partial charge in [0.05, 0.1) is 5.69 Å². The largest absolute Gasteiger partial charge is 0.348 e. The molecule has 0 spiro atoms. The van der Waals surface area contributed by atoms with Crippen molar-refractivity contribution in [3.05, 3.63) is 29.1 Å². The Balaban J connectivity index is 1.76. The Kier molecular flexibility index (Phi) is 5.19. The van der Waals surface area contributed by atoms with Crippen LogP contribution in [0, 0.1) is 12.8 Å². The average molecular weight is 343 g/mol. The normalized spacial score (nSPS) is 14.9. The monoisotopic (exact) mass is 343 g/mol. The third-order valence-electron chi connectivity index (χ3n) is 4.36. The lowest BCUT2D eigenvalue weighted by molar-refractivity contribution is -0.118.